The molecule has 1 aromatic rings. The van der Waals surface area contributed by atoms with Gasteiger partial charge in [-0.1, -0.05) is 6.07 Å². The Morgan fingerprint density at radius 1 is 1.27 bits per heavy atom. The predicted octanol–water partition coefficient (Wildman–Crippen LogP) is 1.05. The van der Waals surface area contributed by atoms with Gasteiger partial charge in [0.15, 0.2) is 5.11 Å². The molecule has 6 nitrogen and oxygen atoms in total. The van der Waals surface area contributed by atoms with Gasteiger partial charge in [-0.05, 0) is 43.3 Å². The Labute approximate surface area is 136 Å². The van der Waals surface area contributed by atoms with E-state index in [9.17, 15) is 13.2 Å². The summed E-state index contributed by atoms with van der Waals surface area (Å²) in [5, 5.41) is 3.05. The molecule has 0 aliphatic carbocycles. The van der Waals surface area contributed by atoms with E-state index in [1.807, 2.05) is 4.90 Å². The quantitative estimate of drug-likeness (QED) is 0.832. The summed E-state index contributed by atoms with van der Waals surface area (Å²) >= 11 is 5.21. The molecular formula is C14H19N3O3S2. The fraction of sp³-hybridized carbons (Fsp3) is 0.429. The highest BCUT2D eigenvalue weighted by Gasteiger charge is 2.20. The third kappa shape index (κ3) is 3.63. The molecule has 0 spiro atoms. The number of amides is 1. The summed E-state index contributed by atoms with van der Waals surface area (Å²) in [6.07, 6.45) is 2.12. The van der Waals surface area contributed by atoms with E-state index in [-0.39, 0.29) is 10.5 Å². The van der Waals surface area contributed by atoms with Gasteiger partial charge in [-0.3, -0.25) is 10.1 Å². The van der Waals surface area contributed by atoms with Gasteiger partial charge in [-0.15, -0.1) is 0 Å². The fourth-order valence-corrected chi connectivity index (χ4v) is 3.40. The van der Waals surface area contributed by atoms with Gasteiger partial charge in [0.2, 0.25) is 10.0 Å². The van der Waals surface area contributed by atoms with E-state index < -0.39 is 15.9 Å². The molecule has 8 heteroatoms. The van der Waals surface area contributed by atoms with E-state index in [1.165, 1.54) is 26.2 Å². The number of carbonyl (C=O) groups excluding carboxylic acids is 1. The lowest BCUT2D eigenvalue weighted by Gasteiger charge is -2.19. The second kappa shape index (κ2) is 6.72. The standard InChI is InChI=1S/C14H19N3O3S2/c1-16(2)22(19,20)12-7-5-6-11(10-12)13(18)15-14(21)17-8-3-4-9-17/h5-7,10H,3-4,8-9H2,1-2H3,(H,15,18,21). The molecule has 22 heavy (non-hydrogen) atoms. The van der Waals surface area contributed by atoms with Crippen molar-refractivity contribution < 1.29 is 13.2 Å². The van der Waals surface area contributed by atoms with Crippen LogP contribution in [0, 0.1) is 0 Å². The fourth-order valence-electron chi connectivity index (χ4n) is 2.18. The molecule has 1 aliphatic rings. The van der Waals surface area contributed by atoms with Crippen molar-refractivity contribution in [3.05, 3.63) is 29.8 Å². The van der Waals surface area contributed by atoms with Gasteiger partial charge in [0.1, 0.15) is 0 Å². The summed E-state index contributed by atoms with van der Waals surface area (Å²) < 4.78 is 25.3. The number of likely N-dealkylation sites (tertiary alicyclic amines) is 1. The Morgan fingerprint density at radius 2 is 1.91 bits per heavy atom. The first-order chi connectivity index (χ1) is 10.3. The van der Waals surface area contributed by atoms with Crippen LogP contribution in [0.25, 0.3) is 0 Å². The molecular weight excluding hydrogens is 322 g/mol. The van der Waals surface area contributed by atoms with E-state index >= 15 is 0 Å². The number of hydrogen-bond donors (Lipinski definition) is 1. The maximum Gasteiger partial charge on any atom is 0.257 e. The number of sulfonamides is 1. The van der Waals surface area contributed by atoms with Crippen molar-refractivity contribution in [2.75, 3.05) is 27.2 Å². The zero-order valence-electron chi connectivity index (χ0n) is 12.6. The van der Waals surface area contributed by atoms with E-state index in [0.717, 1.165) is 30.2 Å². The average molecular weight is 341 g/mol. The van der Waals surface area contributed by atoms with Crippen LogP contribution in [0.4, 0.5) is 0 Å². The lowest BCUT2D eigenvalue weighted by molar-refractivity contribution is 0.0973. The van der Waals surface area contributed by atoms with Gasteiger partial charge in [0.25, 0.3) is 5.91 Å². The van der Waals surface area contributed by atoms with Gasteiger partial charge >= 0.3 is 0 Å². The Kier molecular flexibility index (Phi) is 5.15. The molecule has 0 unspecified atom stereocenters. The molecule has 1 fully saturated rings. The largest absolute Gasteiger partial charge is 0.349 e. The van der Waals surface area contributed by atoms with E-state index in [0.29, 0.717) is 5.11 Å². The van der Waals surface area contributed by atoms with Crippen LogP contribution in [0.3, 0.4) is 0 Å². The highest BCUT2D eigenvalue weighted by Crippen LogP contribution is 2.15. The van der Waals surface area contributed by atoms with Crippen molar-refractivity contribution in [2.45, 2.75) is 17.7 Å². The number of benzene rings is 1. The number of thiocarbonyl (C=S) groups is 1. The molecule has 1 amide bonds. The number of nitrogens with zero attached hydrogens (tertiary/aromatic N) is 2. The van der Waals surface area contributed by atoms with Gasteiger partial charge in [0, 0.05) is 32.7 Å². The second-order valence-electron chi connectivity index (χ2n) is 5.27. The highest BCUT2D eigenvalue weighted by atomic mass is 32.2. The van der Waals surface area contributed by atoms with E-state index in [4.69, 9.17) is 12.2 Å². The smallest absolute Gasteiger partial charge is 0.257 e. The van der Waals surface area contributed by atoms with Gasteiger partial charge < -0.3 is 4.90 Å². The second-order valence-corrected chi connectivity index (χ2v) is 7.81. The average Bonchev–Trinajstić information content (AvgIpc) is 3.01. The summed E-state index contributed by atoms with van der Waals surface area (Å²) in [5.41, 5.74) is 0.268. The van der Waals surface area contributed by atoms with Crippen LogP contribution >= 0.6 is 12.2 Å². The Morgan fingerprint density at radius 3 is 2.50 bits per heavy atom. The van der Waals surface area contributed by atoms with Crippen LogP contribution in [0.5, 0.6) is 0 Å². The maximum atomic E-state index is 12.2. The molecule has 2 rings (SSSR count). The number of hydrogen-bond acceptors (Lipinski definition) is 4. The van der Waals surface area contributed by atoms with E-state index in [2.05, 4.69) is 5.32 Å². The molecule has 1 heterocycles. The zero-order chi connectivity index (χ0) is 16.3. The molecule has 0 atom stereocenters. The summed E-state index contributed by atoms with van der Waals surface area (Å²) in [4.78, 5) is 14.2. The normalized spacial score (nSPS) is 15.1. The minimum atomic E-state index is -3.57. The summed E-state index contributed by atoms with van der Waals surface area (Å²) in [5.74, 6) is -0.396. The van der Waals surface area contributed by atoms with Crippen LogP contribution in [0.1, 0.15) is 23.2 Å². The monoisotopic (exact) mass is 341 g/mol. The zero-order valence-corrected chi connectivity index (χ0v) is 14.2. The number of rotatable bonds is 3. The van der Waals surface area contributed by atoms with Crippen molar-refractivity contribution in [2.24, 2.45) is 0 Å². The third-order valence-electron chi connectivity index (χ3n) is 3.49. The molecule has 0 saturated carbocycles. The lowest BCUT2D eigenvalue weighted by Crippen LogP contribution is -2.41. The van der Waals surface area contributed by atoms with Crippen molar-refractivity contribution in [3.8, 4) is 0 Å². The first-order valence-electron chi connectivity index (χ1n) is 6.95. The van der Waals surface area contributed by atoms with Crippen LogP contribution in [0.2, 0.25) is 0 Å². The van der Waals surface area contributed by atoms with Gasteiger partial charge in [0.05, 0.1) is 4.90 Å². The van der Waals surface area contributed by atoms with Crippen LogP contribution in [-0.2, 0) is 10.0 Å². The van der Waals surface area contributed by atoms with Crippen molar-refractivity contribution in [3.63, 3.8) is 0 Å². The third-order valence-corrected chi connectivity index (χ3v) is 5.66. The summed E-state index contributed by atoms with van der Waals surface area (Å²) in [7, 11) is -0.669. The lowest BCUT2D eigenvalue weighted by atomic mass is 10.2. The highest BCUT2D eigenvalue weighted by molar-refractivity contribution is 7.89. The van der Waals surface area contributed by atoms with Crippen molar-refractivity contribution >= 4 is 33.3 Å². The predicted molar refractivity (Wildman–Crippen MR) is 88.2 cm³/mol. The Hall–Kier alpha value is -1.51. The molecule has 0 aromatic heterocycles. The molecule has 0 radical (unpaired) electrons. The summed E-state index contributed by atoms with van der Waals surface area (Å²) in [6, 6.07) is 5.93. The topological polar surface area (TPSA) is 69.7 Å². The van der Waals surface area contributed by atoms with Crippen molar-refractivity contribution in [1.29, 1.82) is 0 Å². The number of carbonyl (C=O) groups is 1. The molecule has 1 N–H and O–H groups in total. The number of nitrogens with one attached hydrogen (secondary N) is 1. The molecule has 1 aliphatic heterocycles. The maximum absolute atomic E-state index is 12.2. The molecule has 0 bridgehead atoms. The van der Waals surface area contributed by atoms with Crippen LogP contribution in [0.15, 0.2) is 29.2 Å². The van der Waals surface area contributed by atoms with Gasteiger partial charge in [-0.25, -0.2) is 12.7 Å². The van der Waals surface area contributed by atoms with Crippen LogP contribution in [-0.4, -0.2) is 55.8 Å². The van der Waals surface area contributed by atoms with Gasteiger partial charge in [-0.2, -0.15) is 0 Å². The Bertz CT molecular complexity index is 680. The molecule has 1 aromatic carbocycles. The minimum absolute atomic E-state index is 0.0808. The molecule has 120 valence electrons. The van der Waals surface area contributed by atoms with Crippen LogP contribution < -0.4 is 5.32 Å². The SMILES string of the molecule is CN(C)S(=O)(=O)c1cccc(C(=O)NC(=S)N2CCCC2)c1. The first-order valence-corrected chi connectivity index (χ1v) is 8.80. The Balaban J connectivity index is 2.15. The van der Waals surface area contributed by atoms with Crippen molar-refractivity contribution in [1.82, 2.24) is 14.5 Å². The summed E-state index contributed by atoms with van der Waals surface area (Å²) in [6.45, 7) is 1.68. The first kappa shape index (κ1) is 16.9. The van der Waals surface area contributed by atoms with E-state index in [1.54, 1.807) is 12.1 Å². The minimum Gasteiger partial charge on any atom is -0.349 e. The molecule has 1 saturated heterocycles.